The van der Waals surface area contributed by atoms with Gasteiger partial charge in [0, 0.05) is 19.6 Å². The predicted octanol–water partition coefficient (Wildman–Crippen LogP) is 3.18. The summed E-state index contributed by atoms with van der Waals surface area (Å²) in [6.45, 7) is 9.90. The monoisotopic (exact) mass is 382 g/mol. The van der Waals surface area contributed by atoms with Crippen LogP contribution in [-0.2, 0) is 9.53 Å². The predicted molar refractivity (Wildman–Crippen MR) is 111 cm³/mol. The van der Waals surface area contributed by atoms with Gasteiger partial charge in [-0.2, -0.15) is 0 Å². The summed E-state index contributed by atoms with van der Waals surface area (Å²) < 4.78 is 11.2. The molecule has 1 heterocycles. The van der Waals surface area contributed by atoms with E-state index in [2.05, 4.69) is 41.4 Å². The maximum absolute atomic E-state index is 12.4. The molecule has 0 radical (unpaired) electrons. The molecule has 2 aromatic rings. The lowest BCUT2D eigenvalue weighted by molar-refractivity contribution is -0.123. The maximum atomic E-state index is 12.4. The first-order valence-corrected chi connectivity index (χ1v) is 9.88. The van der Waals surface area contributed by atoms with Crippen molar-refractivity contribution in [3.8, 4) is 5.75 Å². The molecule has 28 heavy (non-hydrogen) atoms. The van der Waals surface area contributed by atoms with Crippen molar-refractivity contribution >= 4 is 5.91 Å². The molecule has 2 aromatic carbocycles. The zero-order valence-electron chi connectivity index (χ0n) is 17.0. The number of amides is 1. The quantitative estimate of drug-likeness (QED) is 0.799. The SMILES string of the molecule is Cc1ccc([C@@H](CNC(=O)COc2cccc(C)c2C)N2CCOCC2)cc1. The first-order chi connectivity index (χ1) is 13.5. The van der Waals surface area contributed by atoms with E-state index < -0.39 is 0 Å². The van der Waals surface area contributed by atoms with Crippen LogP contribution in [0.4, 0.5) is 0 Å². The number of carbonyl (C=O) groups is 1. The van der Waals surface area contributed by atoms with Gasteiger partial charge in [0.2, 0.25) is 0 Å². The van der Waals surface area contributed by atoms with E-state index in [9.17, 15) is 4.79 Å². The zero-order valence-corrected chi connectivity index (χ0v) is 17.0. The number of hydrogen-bond acceptors (Lipinski definition) is 4. The number of benzene rings is 2. The van der Waals surface area contributed by atoms with Gasteiger partial charge in [-0.1, -0.05) is 42.0 Å². The minimum atomic E-state index is -0.105. The van der Waals surface area contributed by atoms with Crippen LogP contribution in [0, 0.1) is 20.8 Å². The Kier molecular flexibility index (Phi) is 7.06. The fraction of sp³-hybridized carbons (Fsp3) is 0.435. The molecule has 0 aliphatic carbocycles. The fourth-order valence-corrected chi connectivity index (χ4v) is 3.42. The number of morpholine rings is 1. The van der Waals surface area contributed by atoms with Crippen LogP contribution in [0.3, 0.4) is 0 Å². The fourth-order valence-electron chi connectivity index (χ4n) is 3.42. The molecule has 5 heteroatoms. The van der Waals surface area contributed by atoms with Crippen LogP contribution < -0.4 is 10.1 Å². The third-order valence-corrected chi connectivity index (χ3v) is 5.35. The van der Waals surface area contributed by atoms with Gasteiger partial charge in [0.1, 0.15) is 5.75 Å². The van der Waals surface area contributed by atoms with Crippen LogP contribution in [0.25, 0.3) is 0 Å². The Labute approximate surface area is 167 Å². The summed E-state index contributed by atoms with van der Waals surface area (Å²) in [6, 6.07) is 14.6. The molecule has 0 spiro atoms. The Morgan fingerprint density at radius 3 is 2.54 bits per heavy atom. The lowest BCUT2D eigenvalue weighted by atomic mass is 10.0. The van der Waals surface area contributed by atoms with Crippen molar-refractivity contribution in [2.45, 2.75) is 26.8 Å². The third-order valence-electron chi connectivity index (χ3n) is 5.35. The smallest absolute Gasteiger partial charge is 0.258 e. The number of hydrogen-bond donors (Lipinski definition) is 1. The van der Waals surface area contributed by atoms with Gasteiger partial charge in [-0.15, -0.1) is 0 Å². The average Bonchev–Trinajstić information content (AvgIpc) is 2.71. The summed E-state index contributed by atoms with van der Waals surface area (Å²) in [5, 5.41) is 3.05. The molecule has 150 valence electrons. The van der Waals surface area contributed by atoms with Crippen LogP contribution in [0.1, 0.15) is 28.3 Å². The van der Waals surface area contributed by atoms with E-state index in [4.69, 9.17) is 9.47 Å². The molecule has 1 atom stereocenters. The number of aryl methyl sites for hydroxylation is 2. The number of ether oxygens (including phenoxy) is 2. The average molecular weight is 383 g/mol. The van der Waals surface area contributed by atoms with Gasteiger partial charge in [0.05, 0.1) is 19.3 Å². The molecule has 1 N–H and O–H groups in total. The van der Waals surface area contributed by atoms with Crippen LogP contribution in [-0.4, -0.2) is 50.3 Å². The van der Waals surface area contributed by atoms with E-state index in [1.54, 1.807) is 0 Å². The van der Waals surface area contributed by atoms with Gasteiger partial charge >= 0.3 is 0 Å². The highest BCUT2D eigenvalue weighted by molar-refractivity contribution is 5.77. The van der Waals surface area contributed by atoms with E-state index in [0.29, 0.717) is 6.54 Å². The molecular weight excluding hydrogens is 352 g/mol. The van der Waals surface area contributed by atoms with Gasteiger partial charge in [-0.05, 0) is 43.5 Å². The Bertz CT molecular complexity index is 783. The minimum Gasteiger partial charge on any atom is -0.483 e. The van der Waals surface area contributed by atoms with Crippen molar-refractivity contribution in [1.29, 1.82) is 0 Å². The largest absolute Gasteiger partial charge is 0.483 e. The Balaban J connectivity index is 1.60. The summed E-state index contributed by atoms with van der Waals surface area (Å²) in [5.74, 6) is 0.657. The van der Waals surface area contributed by atoms with Crippen molar-refractivity contribution in [3.05, 3.63) is 64.7 Å². The van der Waals surface area contributed by atoms with E-state index in [1.807, 2.05) is 32.0 Å². The second-order valence-corrected chi connectivity index (χ2v) is 7.37. The lowest BCUT2D eigenvalue weighted by Gasteiger charge is -2.35. The molecule has 1 fully saturated rings. The second kappa shape index (κ2) is 9.71. The molecule has 1 amide bonds. The standard InChI is InChI=1S/C23H30N2O3/c1-17-7-9-20(10-8-17)21(25-11-13-27-14-12-25)15-24-23(26)16-28-22-6-4-5-18(2)19(22)3/h4-10,21H,11-16H2,1-3H3,(H,24,26)/t21-/m1/s1. The molecule has 5 nitrogen and oxygen atoms in total. The molecule has 3 rings (SSSR count). The van der Waals surface area contributed by atoms with Gasteiger partial charge < -0.3 is 14.8 Å². The number of rotatable bonds is 7. The van der Waals surface area contributed by atoms with Crippen LogP contribution >= 0.6 is 0 Å². The molecule has 1 aliphatic heterocycles. The van der Waals surface area contributed by atoms with E-state index >= 15 is 0 Å². The second-order valence-electron chi connectivity index (χ2n) is 7.37. The van der Waals surface area contributed by atoms with Crippen LogP contribution in [0.15, 0.2) is 42.5 Å². The summed E-state index contributed by atoms with van der Waals surface area (Å²) in [7, 11) is 0. The molecule has 0 saturated carbocycles. The summed E-state index contributed by atoms with van der Waals surface area (Å²) in [4.78, 5) is 14.8. The Morgan fingerprint density at radius 2 is 1.82 bits per heavy atom. The van der Waals surface area contributed by atoms with Crippen molar-refractivity contribution in [3.63, 3.8) is 0 Å². The molecule has 0 aromatic heterocycles. The van der Waals surface area contributed by atoms with Crippen LogP contribution in [0.2, 0.25) is 0 Å². The summed E-state index contributed by atoms with van der Waals surface area (Å²) in [5.41, 5.74) is 4.67. The number of nitrogens with one attached hydrogen (secondary N) is 1. The Morgan fingerprint density at radius 1 is 1.11 bits per heavy atom. The Hall–Kier alpha value is -2.37. The number of carbonyl (C=O) groups excluding carboxylic acids is 1. The van der Waals surface area contributed by atoms with Gasteiger partial charge in [-0.25, -0.2) is 0 Å². The van der Waals surface area contributed by atoms with Crippen molar-refractivity contribution in [2.75, 3.05) is 39.5 Å². The van der Waals surface area contributed by atoms with Gasteiger partial charge in [0.25, 0.3) is 5.91 Å². The van der Waals surface area contributed by atoms with E-state index in [1.165, 1.54) is 11.1 Å². The lowest BCUT2D eigenvalue weighted by Crippen LogP contribution is -2.44. The first-order valence-electron chi connectivity index (χ1n) is 9.88. The van der Waals surface area contributed by atoms with E-state index in [-0.39, 0.29) is 18.6 Å². The highest BCUT2D eigenvalue weighted by Crippen LogP contribution is 2.22. The topological polar surface area (TPSA) is 50.8 Å². The molecule has 0 unspecified atom stereocenters. The first kappa shape index (κ1) is 20.4. The van der Waals surface area contributed by atoms with Gasteiger partial charge in [-0.3, -0.25) is 9.69 Å². The molecular formula is C23H30N2O3. The minimum absolute atomic E-state index is 0.0218. The molecule has 1 aliphatic rings. The zero-order chi connectivity index (χ0) is 19.9. The highest BCUT2D eigenvalue weighted by atomic mass is 16.5. The van der Waals surface area contributed by atoms with Crippen molar-refractivity contribution in [1.82, 2.24) is 10.2 Å². The molecule has 1 saturated heterocycles. The molecule has 0 bridgehead atoms. The summed E-state index contributed by atoms with van der Waals surface area (Å²) >= 11 is 0. The summed E-state index contributed by atoms with van der Waals surface area (Å²) in [6.07, 6.45) is 0. The van der Waals surface area contributed by atoms with Crippen molar-refractivity contribution in [2.24, 2.45) is 0 Å². The van der Waals surface area contributed by atoms with E-state index in [0.717, 1.165) is 43.2 Å². The van der Waals surface area contributed by atoms with Crippen molar-refractivity contribution < 1.29 is 14.3 Å². The number of nitrogens with zero attached hydrogens (tertiary/aromatic N) is 1. The van der Waals surface area contributed by atoms with Crippen LogP contribution in [0.5, 0.6) is 5.75 Å². The maximum Gasteiger partial charge on any atom is 0.258 e. The third kappa shape index (κ3) is 5.33. The normalized spacial score (nSPS) is 15.8. The highest BCUT2D eigenvalue weighted by Gasteiger charge is 2.23. The van der Waals surface area contributed by atoms with Gasteiger partial charge in [0.15, 0.2) is 6.61 Å².